The van der Waals surface area contributed by atoms with E-state index in [4.69, 9.17) is 0 Å². The van der Waals surface area contributed by atoms with Crippen LogP contribution in [0.2, 0.25) is 0 Å². The largest absolute Gasteiger partial charge is 2.00 e. The Labute approximate surface area is 102 Å². The van der Waals surface area contributed by atoms with Crippen LogP contribution in [0.5, 0.6) is 0 Å². The van der Waals surface area contributed by atoms with Gasteiger partial charge >= 0.3 is 23.1 Å². The molecule has 0 nitrogen and oxygen atoms in total. The smallest absolute Gasteiger partial charge is 1.00 e. The Morgan fingerprint density at radius 2 is 1.75 bits per heavy atom. The molecule has 1 aromatic rings. The molecule has 0 saturated carbocycles. The minimum absolute atomic E-state index is 0. The Morgan fingerprint density at radius 1 is 1.25 bits per heavy atom. The molecule has 0 N–H and O–H groups in total. The molecule has 0 bridgehead atoms. The molecule has 0 aliphatic carbocycles. The molecule has 0 saturated heterocycles. The third-order valence-corrected chi connectivity index (χ3v) is 1.80. The third-order valence-electron chi connectivity index (χ3n) is 1.80. The van der Waals surface area contributed by atoms with E-state index in [9.17, 15) is 0 Å². The second kappa shape index (κ2) is 8.08. The number of benzene rings is 1. The fourth-order valence-corrected chi connectivity index (χ4v) is 0.948. The number of halogens is 1. The summed E-state index contributed by atoms with van der Waals surface area (Å²) in [5.74, 6) is 0.598. The SMILES string of the molecule is [Br-].[CH2-]C[C@H](C)c1ccccc1.[Mg+2]. The van der Waals surface area contributed by atoms with Crippen LogP contribution < -0.4 is 17.0 Å². The molecular weight excluding hydrogens is 224 g/mol. The molecule has 62 valence electrons. The van der Waals surface area contributed by atoms with Crippen molar-refractivity contribution in [1.29, 1.82) is 0 Å². The van der Waals surface area contributed by atoms with E-state index in [2.05, 4.69) is 38.1 Å². The molecule has 12 heavy (non-hydrogen) atoms. The van der Waals surface area contributed by atoms with E-state index in [1.807, 2.05) is 6.07 Å². The maximum absolute atomic E-state index is 3.86. The molecule has 1 aromatic carbocycles. The summed E-state index contributed by atoms with van der Waals surface area (Å²) in [7, 11) is 0. The Kier molecular flexibility index (Phi) is 10.1. The minimum Gasteiger partial charge on any atom is -1.00 e. The molecule has 1 atom stereocenters. The molecule has 0 aromatic heterocycles. The summed E-state index contributed by atoms with van der Waals surface area (Å²) in [6.07, 6.45) is 0.976. The molecule has 0 aliphatic rings. The van der Waals surface area contributed by atoms with Gasteiger partial charge in [0.25, 0.3) is 0 Å². The van der Waals surface area contributed by atoms with E-state index >= 15 is 0 Å². The van der Waals surface area contributed by atoms with E-state index in [0.29, 0.717) is 5.92 Å². The third kappa shape index (κ3) is 4.48. The maximum Gasteiger partial charge on any atom is 2.00 e. The Morgan fingerprint density at radius 3 is 2.17 bits per heavy atom. The molecule has 0 amide bonds. The second-order valence-corrected chi connectivity index (χ2v) is 2.60. The van der Waals surface area contributed by atoms with Gasteiger partial charge in [-0.25, -0.2) is 0 Å². The van der Waals surface area contributed by atoms with Crippen molar-refractivity contribution in [3.8, 4) is 0 Å². The van der Waals surface area contributed by atoms with Gasteiger partial charge in [0.15, 0.2) is 0 Å². The summed E-state index contributed by atoms with van der Waals surface area (Å²) in [6.45, 7) is 6.06. The first-order valence-electron chi connectivity index (χ1n) is 3.68. The fraction of sp³-hybridized carbons (Fsp3) is 0.300. The summed E-state index contributed by atoms with van der Waals surface area (Å²) in [5.41, 5.74) is 1.39. The normalized spacial score (nSPS) is 10.8. The average Bonchev–Trinajstić information content (AvgIpc) is 2.05. The van der Waals surface area contributed by atoms with Crippen LogP contribution in [0.1, 0.15) is 24.8 Å². The number of hydrogen-bond donors (Lipinski definition) is 0. The Balaban J connectivity index is 0. The van der Waals surface area contributed by atoms with Crippen molar-refractivity contribution in [2.24, 2.45) is 0 Å². The van der Waals surface area contributed by atoms with Crippen LogP contribution >= 0.6 is 0 Å². The van der Waals surface area contributed by atoms with Gasteiger partial charge < -0.3 is 23.9 Å². The summed E-state index contributed by atoms with van der Waals surface area (Å²) < 4.78 is 0. The van der Waals surface area contributed by atoms with E-state index < -0.39 is 0 Å². The molecule has 0 unspecified atom stereocenters. The topological polar surface area (TPSA) is 0 Å². The monoisotopic (exact) mass is 236 g/mol. The molecular formula is C10H13BrMg. The second-order valence-electron chi connectivity index (χ2n) is 2.60. The molecule has 1 rings (SSSR count). The first kappa shape index (κ1) is 15.0. The van der Waals surface area contributed by atoms with Crippen molar-refractivity contribution in [3.63, 3.8) is 0 Å². The van der Waals surface area contributed by atoms with E-state index in [0.717, 1.165) is 6.42 Å². The van der Waals surface area contributed by atoms with Crippen LogP contribution in [0.4, 0.5) is 0 Å². The van der Waals surface area contributed by atoms with Crippen molar-refractivity contribution < 1.29 is 17.0 Å². The van der Waals surface area contributed by atoms with Crippen LogP contribution in [0.25, 0.3) is 0 Å². The van der Waals surface area contributed by atoms with Crippen LogP contribution in [0, 0.1) is 6.92 Å². The molecule has 0 fully saturated rings. The van der Waals surface area contributed by atoms with Crippen LogP contribution in [-0.4, -0.2) is 23.1 Å². The zero-order valence-electron chi connectivity index (χ0n) is 7.46. The first-order chi connectivity index (χ1) is 4.84. The van der Waals surface area contributed by atoms with Gasteiger partial charge in [-0.05, 0) is 11.5 Å². The van der Waals surface area contributed by atoms with E-state index in [-0.39, 0.29) is 40.0 Å². The quantitative estimate of drug-likeness (QED) is 0.487. The van der Waals surface area contributed by atoms with Gasteiger partial charge in [-0.15, -0.1) is 0 Å². The molecule has 0 spiro atoms. The molecule has 0 radical (unpaired) electrons. The summed E-state index contributed by atoms with van der Waals surface area (Å²) in [5, 5.41) is 0. The van der Waals surface area contributed by atoms with Gasteiger partial charge in [-0.1, -0.05) is 37.3 Å². The van der Waals surface area contributed by atoms with Crippen LogP contribution in [0.3, 0.4) is 0 Å². The summed E-state index contributed by atoms with van der Waals surface area (Å²) >= 11 is 0. The number of rotatable bonds is 2. The van der Waals surface area contributed by atoms with E-state index in [1.165, 1.54) is 5.56 Å². The molecule has 0 aliphatic heterocycles. The average molecular weight is 237 g/mol. The number of hydrogen-bond acceptors (Lipinski definition) is 0. The van der Waals surface area contributed by atoms with Crippen molar-refractivity contribution in [2.75, 3.05) is 0 Å². The minimum atomic E-state index is 0. The zero-order chi connectivity index (χ0) is 7.40. The first-order valence-corrected chi connectivity index (χ1v) is 3.68. The Bertz CT molecular complexity index is 186. The predicted molar refractivity (Wildman–Crippen MR) is 50.6 cm³/mol. The standard InChI is InChI=1S/C10H13.BrH.Mg/c1-3-9(2)10-7-5-4-6-8-10;;/h4-9H,1,3H2,2H3;1H;/q-1;;+2/p-1/t9-;;/m0../s1. The zero-order valence-corrected chi connectivity index (χ0v) is 10.5. The van der Waals surface area contributed by atoms with Crippen molar-refractivity contribution in [1.82, 2.24) is 0 Å². The van der Waals surface area contributed by atoms with E-state index in [1.54, 1.807) is 0 Å². The van der Waals surface area contributed by atoms with Gasteiger partial charge in [0.1, 0.15) is 0 Å². The molecule has 0 heterocycles. The van der Waals surface area contributed by atoms with Crippen LogP contribution in [-0.2, 0) is 0 Å². The summed E-state index contributed by atoms with van der Waals surface area (Å²) in [6, 6.07) is 10.5. The van der Waals surface area contributed by atoms with Gasteiger partial charge in [-0.2, -0.15) is 6.42 Å². The van der Waals surface area contributed by atoms with Crippen LogP contribution in [0.15, 0.2) is 30.3 Å². The fourth-order valence-electron chi connectivity index (χ4n) is 0.948. The maximum atomic E-state index is 3.86. The Hall–Kier alpha value is 0.466. The summed E-state index contributed by atoms with van der Waals surface area (Å²) in [4.78, 5) is 0. The van der Waals surface area contributed by atoms with Crippen molar-refractivity contribution in [3.05, 3.63) is 42.8 Å². The van der Waals surface area contributed by atoms with Gasteiger partial charge in [0, 0.05) is 0 Å². The molecule has 2 heteroatoms. The van der Waals surface area contributed by atoms with Gasteiger partial charge in [-0.3, -0.25) is 0 Å². The van der Waals surface area contributed by atoms with Gasteiger partial charge in [0.05, 0.1) is 0 Å². The van der Waals surface area contributed by atoms with Crippen molar-refractivity contribution in [2.45, 2.75) is 19.3 Å². The predicted octanol–water partition coefficient (Wildman–Crippen LogP) is -0.363. The van der Waals surface area contributed by atoms with Gasteiger partial charge in [0.2, 0.25) is 0 Å². The van der Waals surface area contributed by atoms with Crippen molar-refractivity contribution >= 4 is 23.1 Å².